The smallest absolute Gasteiger partial charge is 0.102 e. The van der Waals surface area contributed by atoms with Crippen molar-refractivity contribution in [2.75, 3.05) is 7.11 Å². The highest BCUT2D eigenvalue weighted by molar-refractivity contribution is 9.09. The van der Waals surface area contributed by atoms with Gasteiger partial charge in [-0.15, -0.1) is 0 Å². The number of fused-ring (bicyclic) bond motifs is 1. The second-order valence-electron chi connectivity index (χ2n) is 2.54. The number of pyridine rings is 1. The number of hydrogen-bond acceptors (Lipinski definition) is 2. The molecular formula is C8H8BrNO. The van der Waals surface area contributed by atoms with Crippen molar-refractivity contribution in [3.63, 3.8) is 0 Å². The van der Waals surface area contributed by atoms with Crippen molar-refractivity contribution in [3.8, 4) is 0 Å². The van der Waals surface area contributed by atoms with Gasteiger partial charge in [0.25, 0.3) is 0 Å². The summed E-state index contributed by atoms with van der Waals surface area (Å²) in [5.41, 5.74) is 2.32. The van der Waals surface area contributed by atoms with Crippen LogP contribution in [0.4, 0.5) is 0 Å². The first-order valence-corrected chi connectivity index (χ1v) is 4.38. The molecule has 0 radical (unpaired) electrons. The Morgan fingerprint density at radius 1 is 1.64 bits per heavy atom. The Morgan fingerprint density at radius 2 is 2.45 bits per heavy atom. The van der Waals surface area contributed by atoms with Gasteiger partial charge in [-0.25, -0.2) is 0 Å². The van der Waals surface area contributed by atoms with Crippen molar-refractivity contribution in [1.82, 2.24) is 4.98 Å². The van der Waals surface area contributed by atoms with Crippen LogP contribution >= 0.6 is 15.9 Å². The summed E-state index contributed by atoms with van der Waals surface area (Å²) in [5, 5.41) is 0. The fourth-order valence-electron chi connectivity index (χ4n) is 1.35. The Hall–Kier alpha value is -0.410. The van der Waals surface area contributed by atoms with E-state index in [2.05, 4.69) is 20.9 Å². The summed E-state index contributed by atoms with van der Waals surface area (Å²) in [4.78, 5) is 4.50. The van der Waals surface area contributed by atoms with Crippen molar-refractivity contribution < 1.29 is 4.74 Å². The van der Waals surface area contributed by atoms with Crippen LogP contribution in [-0.4, -0.2) is 12.1 Å². The summed E-state index contributed by atoms with van der Waals surface area (Å²) >= 11 is 3.50. The topological polar surface area (TPSA) is 22.1 Å². The van der Waals surface area contributed by atoms with Crippen molar-refractivity contribution >= 4 is 15.9 Å². The lowest BCUT2D eigenvalue weighted by Gasteiger charge is -2.32. The van der Waals surface area contributed by atoms with Crippen molar-refractivity contribution in [2.24, 2.45) is 0 Å². The Kier molecular flexibility index (Phi) is 1.69. The molecule has 1 aromatic rings. The van der Waals surface area contributed by atoms with Crippen LogP contribution in [0.25, 0.3) is 0 Å². The number of halogens is 1. The maximum absolute atomic E-state index is 5.24. The molecule has 0 fully saturated rings. The lowest BCUT2D eigenvalue weighted by Crippen LogP contribution is -2.22. The van der Waals surface area contributed by atoms with E-state index in [1.165, 1.54) is 5.56 Å². The van der Waals surface area contributed by atoms with Crippen molar-refractivity contribution in [1.29, 1.82) is 0 Å². The standard InChI is InChI=1S/C8H8BrNO/c1-11-8-5-3-2-4-10-7(5)6(8)9/h2-4,6,8H,1H3/t6-,8-/m0/s1. The number of methoxy groups -OCH3 is 1. The van der Waals surface area contributed by atoms with E-state index in [4.69, 9.17) is 4.74 Å². The summed E-state index contributed by atoms with van der Waals surface area (Å²) in [6.45, 7) is 0. The summed E-state index contributed by atoms with van der Waals surface area (Å²) in [6, 6.07) is 3.98. The van der Waals surface area contributed by atoms with E-state index in [9.17, 15) is 0 Å². The number of alkyl halides is 1. The maximum atomic E-state index is 5.24. The van der Waals surface area contributed by atoms with Crippen molar-refractivity contribution in [2.45, 2.75) is 10.9 Å². The second kappa shape index (κ2) is 2.57. The van der Waals surface area contributed by atoms with Crippen LogP contribution < -0.4 is 0 Å². The molecule has 1 aromatic heterocycles. The third-order valence-electron chi connectivity index (χ3n) is 1.96. The van der Waals surface area contributed by atoms with Gasteiger partial charge in [0.05, 0.1) is 10.5 Å². The Bertz CT molecular complexity index is 277. The van der Waals surface area contributed by atoms with Crippen LogP contribution in [-0.2, 0) is 4.74 Å². The molecule has 0 spiro atoms. The van der Waals surface area contributed by atoms with Gasteiger partial charge in [0, 0.05) is 18.9 Å². The fraction of sp³-hybridized carbons (Fsp3) is 0.375. The number of nitrogens with zero attached hydrogens (tertiary/aromatic N) is 1. The number of hydrogen-bond donors (Lipinski definition) is 0. The maximum Gasteiger partial charge on any atom is 0.102 e. The molecule has 2 rings (SSSR count). The molecule has 11 heavy (non-hydrogen) atoms. The van der Waals surface area contributed by atoms with E-state index >= 15 is 0 Å². The van der Waals surface area contributed by atoms with Crippen LogP contribution in [0.1, 0.15) is 22.2 Å². The first-order chi connectivity index (χ1) is 5.34. The molecule has 3 heteroatoms. The molecule has 0 aromatic carbocycles. The van der Waals surface area contributed by atoms with E-state index < -0.39 is 0 Å². The van der Waals surface area contributed by atoms with E-state index in [0.717, 1.165) is 5.69 Å². The van der Waals surface area contributed by atoms with Gasteiger partial charge in [0.15, 0.2) is 0 Å². The molecule has 1 aliphatic rings. The van der Waals surface area contributed by atoms with E-state index in [1.54, 1.807) is 13.3 Å². The molecule has 0 saturated heterocycles. The normalized spacial score (nSPS) is 27.5. The first-order valence-electron chi connectivity index (χ1n) is 3.46. The van der Waals surface area contributed by atoms with E-state index in [-0.39, 0.29) is 10.9 Å². The molecule has 1 heterocycles. The van der Waals surface area contributed by atoms with E-state index in [1.807, 2.05) is 12.1 Å². The Morgan fingerprint density at radius 3 is 3.18 bits per heavy atom. The van der Waals surface area contributed by atoms with Crippen LogP contribution in [0, 0.1) is 0 Å². The molecule has 1 aliphatic carbocycles. The van der Waals surface area contributed by atoms with Gasteiger partial charge >= 0.3 is 0 Å². The van der Waals surface area contributed by atoms with Gasteiger partial charge < -0.3 is 4.74 Å². The highest BCUT2D eigenvalue weighted by Crippen LogP contribution is 2.49. The minimum atomic E-state index is 0.193. The summed E-state index contributed by atoms with van der Waals surface area (Å²) in [7, 11) is 1.72. The summed E-state index contributed by atoms with van der Waals surface area (Å²) < 4.78 is 5.24. The number of aromatic nitrogens is 1. The van der Waals surface area contributed by atoms with Gasteiger partial charge in [0.1, 0.15) is 6.10 Å². The van der Waals surface area contributed by atoms with Gasteiger partial charge in [-0.1, -0.05) is 22.0 Å². The third kappa shape index (κ3) is 0.914. The second-order valence-corrected chi connectivity index (χ2v) is 3.52. The lowest BCUT2D eigenvalue weighted by atomic mass is 9.90. The Labute approximate surface area is 73.7 Å². The average molecular weight is 214 g/mol. The van der Waals surface area contributed by atoms with Crippen LogP contribution in [0.15, 0.2) is 18.3 Å². The van der Waals surface area contributed by atoms with Gasteiger partial charge in [0.2, 0.25) is 0 Å². The first kappa shape index (κ1) is 7.25. The fourth-order valence-corrected chi connectivity index (χ4v) is 2.24. The zero-order chi connectivity index (χ0) is 7.84. The van der Waals surface area contributed by atoms with Crippen LogP contribution in [0.3, 0.4) is 0 Å². The minimum Gasteiger partial charge on any atom is -0.375 e. The third-order valence-corrected chi connectivity index (χ3v) is 2.87. The summed E-state index contributed by atoms with van der Waals surface area (Å²) in [6.07, 6.45) is 2.00. The molecule has 0 aliphatic heterocycles. The molecule has 0 N–H and O–H groups in total. The molecule has 0 unspecified atom stereocenters. The summed E-state index contributed by atoms with van der Waals surface area (Å²) in [5.74, 6) is 0. The lowest BCUT2D eigenvalue weighted by molar-refractivity contribution is 0.0810. The predicted molar refractivity (Wildman–Crippen MR) is 45.7 cm³/mol. The minimum absolute atomic E-state index is 0.193. The molecule has 0 bridgehead atoms. The predicted octanol–water partition coefficient (Wildman–Crippen LogP) is 2.22. The highest BCUT2D eigenvalue weighted by Gasteiger charge is 2.36. The van der Waals surface area contributed by atoms with Gasteiger partial charge in [-0.2, -0.15) is 0 Å². The molecule has 2 atom stereocenters. The molecule has 0 amide bonds. The van der Waals surface area contributed by atoms with E-state index in [0.29, 0.717) is 0 Å². The molecule has 58 valence electrons. The number of ether oxygens (including phenoxy) is 1. The molecule has 2 nitrogen and oxygen atoms in total. The zero-order valence-electron chi connectivity index (χ0n) is 6.12. The van der Waals surface area contributed by atoms with Crippen molar-refractivity contribution in [3.05, 3.63) is 29.6 Å². The molecule has 0 saturated carbocycles. The quantitative estimate of drug-likeness (QED) is 0.668. The molecular weight excluding hydrogens is 206 g/mol. The largest absolute Gasteiger partial charge is 0.375 e. The number of rotatable bonds is 1. The Balaban J connectivity index is 2.39. The average Bonchev–Trinajstić information content (AvgIpc) is 2.05. The van der Waals surface area contributed by atoms with Gasteiger partial charge in [-0.3, -0.25) is 4.98 Å². The van der Waals surface area contributed by atoms with Crippen LogP contribution in [0.2, 0.25) is 0 Å². The SMILES string of the molecule is CO[C@H]1c2cccnc2[C@@H]1Br. The van der Waals surface area contributed by atoms with Crippen LogP contribution in [0.5, 0.6) is 0 Å². The zero-order valence-corrected chi connectivity index (χ0v) is 7.71. The highest BCUT2D eigenvalue weighted by atomic mass is 79.9. The monoisotopic (exact) mass is 213 g/mol. The van der Waals surface area contributed by atoms with Gasteiger partial charge in [-0.05, 0) is 6.07 Å².